The number of ketones is 1. The summed E-state index contributed by atoms with van der Waals surface area (Å²) in [6.45, 7) is 4.86. The summed E-state index contributed by atoms with van der Waals surface area (Å²) in [5, 5.41) is 10.4. The molecule has 5 heteroatoms. The first kappa shape index (κ1) is 16.8. The average molecular weight is 350 g/mol. The van der Waals surface area contributed by atoms with Crippen LogP contribution in [-0.4, -0.2) is 33.9 Å². The van der Waals surface area contributed by atoms with Crippen LogP contribution in [0.25, 0.3) is 6.08 Å². The number of hydrogen-bond donors (Lipinski definition) is 1. The number of fused-ring (bicyclic) bond motifs is 1. The zero-order valence-electron chi connectivity index (χ0n) is 14.8. The molecule has 1 aromatic heterocycles. The van der Waals surface area contributed by atoms with Gasteiger partial charge >= 0.3 is 0 Å². The first-order valence-electron chi connectivity index (χ1n) is 9.03. The molecule has 1 saturated heterocycles. The molecule has 0 saturated carbocycles. The summed E-state index contributed by atoms with van der Waals surface area (Å²) in [5.74, 6) is 1.53. The molecule has 0 aliphatic carbocycles. The van der Waals surface area contributed by atoms with Crippen molar-refractivity contribution in [2.45, 2.75) is 26.3 Å². The molecule has 1 aromatic carbocycles. The first-order valence-corrected chi connectivity index (χ1v) is 9.03. The Morgan fingerprint density at radius 2 is 2.12 bits per heavy atom. The maximum atomic E-state index is 12.7. The van der Waals surface area contributed by atoms with E-state index >= 15 is 0 Å². The zero-order chi connectivity index (χ0) is 18.1. The summed E-state index contributed by atoms with van der Waals surface area (Å²) in [6, 6.07) is 6.91. The Kier molecular flexibility index (Phi) is 4.47. The van der Waals surface area contributed by atoms with Crippen LogP contribution < -0.4 is 4.74 Å². The molecule has 0 unspecified atom stereocenters. The fourth-order valence-corrected chi connectivity index (χ4v) is 3.51. The summed E-state index contributed by atoms with van der Waals surface area (Å²) < 4.78 is 5.89. The van der Waals surface area contributed by atoms with Crippen LogP contribution in [-0.2, 0) is 6.54 Å². The Morgan fingerprint density at radius 1 is 1.31 bits per heavy atom. The third kappa shape index (κ3) is 3.22. The fraction of sp³-hybridized carbons (Fsp3) is 0.333. The van der Waals surface area contributed by atoms with Crippen molar-refractivity contribution in [2.24, 2.45) is 5.92 Å². The van der Waals surface area contributed by atoms with Crippen LogP contribution in [0.5, 0.6) is 11.5 Å². The van der Waals surface area contributed by atoms with E-state index in [0.717, 1.165) is 37.4 Å². The predicted octanol–water partition coefficient (Wildman–Crippen LogP) is 3.64. The van der Waals surface area contributed by atoms with Crippen LogP contribution in [0.2, 0.25) is 0 Å². The Bertz CT molecular complexity index is 853. The number of benzene rings is 1. The number of piperidine rings is 1. The van der Waals surface area contributed by atoms with Crippen molar-refractivity contribution < 1.29 is 14.6 Å². The minimum absolute atomic E-state index is 0.155. The molecule has 1 fully saturated rings. The Morgan fingerprint density at radius 3 is 2.85 bits per heavy atom. The number of hydrogen-bond acceptors (Lipinski definition) is 5. The van der Waals surface area contributed by atoms with Gasteiger partial charge in [0.15, 0.2) is 5.76 Å². The van der Waals surface area contributed by atoms with Crippen molar-refractivity contribution in [1.29, 1.82) is 0 Å². The van der Waals surface area contributed by atoms with Crippen molar-refractivity contribution in [2.75, 3.05) is 13.1 Å². The van der Waals surface area contributed by atoms with Gasteiger partial charge in [0.25, 0.3) is 0 Å². The van der Waals surface area contributed by atoms with Crippen LogP contribution in [0.3, 0.4) is 0 Å². The van der Waals surface area contributed by atoms with E-state index in [1.807, 2.05) is 12.1 Å². The number of nitrogens with zero attached hydrogens (tertiary/aromatic N) is 2. The number of aromatic hydroxyl groups is 1. The Balaban J connectivity index is 1.62. The van der Waals surface area contributed by atoms with E-state index in [1.54, 1.807) is 30.6 Å². The van der Waals surface area contributed by atoms with E-state index < -0.39 is 0 Å². The van der Waals surface area contributed by atoms with Gasteiger partial charge in [-0.15, -0.1) is 0 Å². The summed E-state index contributed by atoms with van der Waals surface area (Å²) in [6.07, 6.45) is 7.37. The van der Waals surface area contributed by atoms with Crippen LogP contribution in [0.1, 0.15) is 41.3 Å². The summed E-state index contributed by atoms with van der Waals surface area (Å²) in [4.78, 5) is 19.1. The Labute approximate surface area is 152 Å². The van der Waals surface area contributed by atoms with Gasteiger partial charge in [-0.3, -0.25) is 14.7 Å². The van der Waals surface area contributed by atoms with Gasteiger partial charge < -0.3 is 9.84 Å². The fourth-order valence-electron chi connectivity index (χ4n) is 3.51. The minimum Gasteiger partial charge on any atom is -0.507 e. The molecular formula is C21H22N2O3. The molecule has 0 atom stereocenters. The molecular weight excluding hydrogens is 328 g/mol. The van der Waals surface area contributed by atoms with Crippen LogP contribution >= 0.6 is 0 Å². The van der Waals surface area contributed by atoms with Gasteiger partial charge in [-0.05, 0) is 61.7 Å². The molecule has 0 radical (unpaired) electrons. The highest BCUT2D eigenvalue weighted by Gasteiger charge is 2.32. The highest BCUT2D eigenvalue weighted by Crippen LogP contribution is 2.40. The van der Waals surface area contributed by atoms with Gasteiger partial charge in [0.05, 0.1) is 11.1 Å². The van der Waals surface area contributed by atoms with Crippen LogP contribution in [0.4, 0.5) is 0 Å². The SMILES string of the molecule is CC1CCN(Cc2c(O)ccc3c2OC(=Cc2cccnc2)C3=O)CC1. The second kappa shape index (κ2) is 6.92. The number of Topliss-reactive ketones (excluding diaryl/α,β-unsaturated/α-hetero) is 1. The maximum absolute atomic E-state index is 12.7. The maximum Gasteiger partial charge on any atom is 0.231 e. The number of allylic oxidation sites excluding steroid dienone is 1. The molecule has 2 aromatic rings. The molecule has 26 heavy (non-hydrogen) atoms. The number of phenolic OH excluding ortho intramolecular Hbond substituents is 1. The van der Waals surface area contributed by atoms with Crippen LogP contribution in [0.15, 0.2) is 42.4 Å². The number of ether oxygens (including phenoxy) is 1. The summed E-state index contributed by atoms with van der Waals surface area (Å²) in [7, 11) is 0. The summed E-state index contributed by atoms with van der Waals surface area (Å²) in [5.41, 5.74) is 2.01. The summed E-state index contributed by atoms with van der Waals surface area (Å²) >= 11 is 0. The predicted molar refractivity (Wildman–Crippen MR) is 99.0 cm³/mol. The van der Waals surface area contributed by atoms with Gasteiger partial charge in [0, 0.05) is 18.9 Å². The van der Waals surface area contributed by atoms with Gasteiger partial charge in [-0.1, -0.05) is 13.0 Å². The Hall–Kier alpha value is -2.66. The number of carbonyl (C=O) groups is 1. The average Bonchev–Trinajstić information content (AvgIpc) is 2.96. The highest BCUT2D eigenvalue weighted by molar-refractivity contribution is 6.14. The van der Waals surface area contributed by atoms with Crippen molar-refractivity contribution in [3.8, 4) is 11.5 Å². The van der Waals surface area contributed by atoms with E-state index in [-0.39, 0.29) is 17.3 Å². The number of rotatable bonds is 3. The molecule has 3 heterocycles. The molecule has 5 nitrogen and oxygen atoms in total. The standard InChI is InChI=1S/C21H22N2O3/c1-14-6-9-23(10-7-14)13-17-18(24)5-4-16-20(25)19(26-21(16)17)11-15-3-2-8-22-12-15/h2-5,8,11-12,14,24H,6-7,9-10,13H2,1H3. The van der Waals surface area contributed by atoms with Gasteiger partial charge in [-0.25, -0.2) is 0 Å². The van der Waals surface area contributed by atoms with Crippen molar-refractivity contribution in [1.82, 2.24) is 9.88 Å². The molecule has 2 aliphatic rings. The van der Waals surface area contributed by atoms with Gasteiger partial charge in [0.1, 0.15) is 11.5 Å². The van der Waals surface area contributed by atoms with Gasteiger partial charge in [0.2, 0.25) is 5.78 Å². The molecule has 134 valence electrons. The first-order chi connectivity index (χ1) is 12.6. The lowest BCUT2D eigenvalue weighted by molar-refractivity contribution is 0.101. The lowest BCUT2D eigenvalue weighted by Crippen LogP contribution is -2.32. The lowest BCUT2D eigenvalue weighted by Gasteiger charge is -2.30. The highest BCUT2D eigenvalue weighted by atomic mass is 16.5. The third-order valence-electron chi connectivity index (χ3n) is 5.16. The lowest BCUT2D eigenvalue weighted by atomic mass is 9.98. The molecule has 0 amide bonds. The van der Waals surface area contributed by atoms with Crippen LogP contribution in [0, 0.1) is 5.92 Å². The molecule has 0 bridgehead atoms. The third-order valence-corrected chi connectivity index (χ3v) is 5.16. The van der Waals surface area contributed by atoms with E-state index in [1.165, 1.54) is 0 Å². The topological polar surface area (TPSA) is 62.7 Å². The smallest absolute Gasteiger partial charge is 0.231 e. The molecule has 0 spiro atoms. The monoisotopic (exact) mass is 350 g/mol. The zero-order valence-corrected chi connectivity index (χ0v) is 14.8. The van der Waals surface area contributed by atoms with Crippen molar-refractivity contribution in [3.63, 3.8) is 0 Å². The van der Waals surface area contributed by atoms with E-state index in [2.05, 4.69) is 16.8 Å². The van der Waals surface area contributed by atoms with E-state index in [4.69, 9.17) is 4.74 Å². The number of phenols is 1. The number of aromatic nitrogens is 1. The number of pyridine rings is 1. The second-order valence-electron chi connectivity index (χ2n) is 7.12. The van der Waals surface area contributed by atoms with Crippen molar-refractivity contribution >= 4 is 11.9 Å². The van der Waals surface area contributed by atoms with E-state index in [0.29, 0.717) is 23.4 Å². The van der Waals surface area contributed by atoms with Gasteiger partial charge in [-0.2, -0.15) is 0 Å². The molecule has 2 aliphatic heterocycles. The molecule has 4 rings (SSSR count). The second-order valence-corrected chi connectivity index (χ2v) is 7.12. The van der Waals surface area contributed by atoms with E-state index in [9.17, 15) is 9.90 Å². The molecule has 1 N–H and O–H groups in total. The quantitative estimate of drug-likeness (QED) is 0.857. The number of carbonyl (C=O) groups excluding carboxylic acids is 1. The number of likely N-dealkylation sites (tertiary alicyclic amines) is 1. The normalized spacial score (nSPS) is 19.6. The minimum atomic E-state index is -0.155. The van der Waals surface area contributed by atoms with Crippen molar-refractivity contribution in [3.05, 3.63) is 59.1 Å². The largest absolute Gasteiger partial charge is 0.507 e.